The fraction of sp³-hybridized carbons (Fsp3) is 0.462. The molecule has 94 valence electrons. The first kappa shape index (κ1) is 13.5. The molecule has 0 aliphatic heterocycles. The zero-order valence-electron chi connectivity index (χ0n) is 10.6. The molecule has 1 aromatic carbocycles. The number of carbonyl (C=O) groups is 1. The van der Waals surface area contributed by atoms with E-state index in [9.17, 15) is 4.79 Å². The van der Waals surface area contributed by atoms with Crippen LogP contribution in [-0.4, -0.2) is 26.6 Å². The Hall–Kier alpha value is -1.55. The predicted molar refractivity (Wildman–Crippen MR) is 68.1 cm³/mol. The second-order valence-electron chi connectivity index (χ2n) is 3.92. The van der Waals surface area contributed by atoms with Gasteiger partial charge in [0.2, 0.25) is 5.91 Å². The molecule has 0 aliphatic rings. The fourth-order valence-electron chi connectivity index (χ4n) is 1.55. The van der Waals surface area contributed by atoms with Crippen LogP contribution in [0.3, 0.4) is 0 Å². The number of nitrogens with one attached hydrogen (secondary N) is 2. The molecule has 1 rings (SSSR count). The van der Waals surface area contributed by atoms with E-state index in [0.717, 1.165) is 11.3 Å². The van der Waals surface area contributed by atoms with Gasteiger partial charge in [-0.1, -0.05) is 12.1 Å². The zero-order chi connectivity index (χ0) is 12.7. The summed E-state index contributed by atoms with van der Waals surface area (Å²) in [6.07, 6.45) is 0.491. The van der Waals surface area contributed by atoms with E-state index in [1.807, 2.05) is 38.2 Å². The van der Waals surface area contributed by atoms with Crippen LogP contribution in [0, 0.1) is 0 Å². The minimum Gasteiger partial charge on any atom is -0.497 e. The van der Waals surface area contributed by atoms with Crippen LogP contribution in [0.25, 0.3) is 0 Å². The number of hydrogen-bond acceptors (Lipinski definition) is 3. The van der Waals surface area contributed by atoms with Gasteiger partial charge in [0.1, 0.15) is 5.75 Å². The highest BCUT2D eigenvalue weighted by Crippen LogP contribution is 2.18. The molecule has 17 heavy (non-hydrogen) atoms. The van der Waals surface area contributed by atoms with Gasteiger partial charge in [-0.3, -0.25) is 4.79 Å². The molecular formula is C13H20N2O2. The van der Waals surface area contributed by atoms with Crippen LogP contribution >= 0.6 is 0 Å². The Kier molecular flexibility index (Phi) is 5.49. The monoisotopic (exact) mass is 236 g/mol. The van der Waals surface area contributed by atoms with Crippen LogP contribution in [0.5, 0.6) is 5.75 Å². The maximum atomic E-state index is 11.6. The van der Waals surface area contributed by atoms with Gasteiger partial charge in [-0.05, 0) is 31.7 Å². The number of benzene rings is 1. The number of ether oxygens (including phenoxy) is 1. The van der Waals surface area contributed by atoms with Gasteiger partial charge in [0.15, 0.2) is 0 Å². The summed E-state index contributed by atoms with van der Waals surface area (Å²) in [5, 5.41) is 5.90. The second-order valence-corrected chi connectivity index (χ2v) is 3.92. The largest absolute Gasteiger partial charge is 0.497 e. The Morgan fingerprint density at radius 3 is 2.88 bits per heavy atom. The first-order valence-corrected chi connectivity index (χ1v) is 5.75. The average molecular weight is 236 g/mol. The number of carbonyl (C=O) groups excluding carboxylic acids is 1. The van der Waals surface area contributed by atoms with Gasteiger partial charge in [0, 0.05) is 13.0 Å². The van der Waals surface area contributed by atoms with Gasteiger partial charge >= 0.3 is 0 Å². The van der Waals surface area contributed by atoms with Gasteiger partial charge in [-0.2, -0.15) is 0 Å². The van der Waals surface area contributed by atoms with Gasteiger partial charge in [-0.25, -0.2) is 0 Å². The van der Waals surface area contributed by atoms with E-state index in [0.29, 0.717) is 13.0 Å². The molecular weight excluding hydrogens is 216 g/mol. The highest BCUT2D eigenvalue weighted by molar-refractivity contribution is 5.76. The van der Waals surface area contributed by atoms with Gasteiger partial charge in [-0.15, -0.1) is 0 Å². The SMILES string of the molecule is CNCCC(=O)N[C@@H](C)c1cccc(OC)c1. The fourth-order valence-corrected chi connectivity index (χ4v) is 1.55. The lowest BCUT2D eigenvalue weighted by molar-refractivity contribution is -0.121. The maximum absolute atomic E-state index is 11.6. The van der Waals surface area contributed by atoms with Crippen molar-refractivity contribution in [3.8, 4) is 5.75 Å². The number of hydrogen-bond donors (Lipinski definition) is 2. The Labute approximate surface area is 102 Å². The van der Waals surface area contributed by atoms with Gasteiger partial charge < -0.3 is 15.4 Å². The Bertz CT molecular complexity index is 366. The van der Waals surface area contributed by atoms with Gasteiger partial charge in [0.25, 0.3) is 0 Å². The van der Waals surface area contributed by atoms with Crippen LogP contribution in [0.1, 0.15) is 24.9 Å². The van der Waals surface area contributed by atoms with Crippen molar-refractivity contribution in [3.05, 3.63) is 29.8 Å². The molecule has 2 N–H and O–H groups in total. The van der Waals surface area contributed by atoms with E-state index < -0.39 is 0 Å². The molecule has 1 amide bonds. The van der Waals surface area contributed by atoms with Crippen LogP contribution in [0.2, 0.25) is 0 Å². The van der Waals surface area contributed by atoms with Crippen molar-refractivity contribution in [2.45, 2.75) is 19.4 Å². The van der Waals surface area contributed by atoms with Crippen molar-refractivity contribution in [3.63, 3.8) is 0 Å². The zero-order valence-corrected chi connectivity index (χ0v) is 10.6. The van der Waals surface area contributed by atoms with Crippen molar-refractivity contribution in [1.82, 2.24) is 10.6 Å². The molecule has 0 unspecified atom stereocenters. The summed E-state index contributed by atoms with van der Waals surface area (Å²) in [5.41, 5.74) is 1.04. The lowest BCUT2D eigenvalue weighted by atomic mass is 10.1. The maximum Gasteiger partial charge on any atom is 0.221 e. The van der Waals surface area contributed by atoms with Crippen LogP contribution in [-0.2, 0) is 4.79 Å². The first-order valence-electron chi connectivity index (χ1n) is 5.75. The number of methoxy groups -OCH3 is 1. The summed E-state index contributed by atoms with van der Waals surface area (Å²) < 4.78 is 5.15. The van der Waals surface area contributed by atoms with Crippen molar-refractivity contribution in [2.24, 2.45) is 0 Å². The first-order chi connectivity index (χ1) is 8.17. The van der Waals surface area contributed by atoms with Crippen molar-refractivity contribution < 1.29 is 9.53 Å². The normalized spacial score (nSPS) is 11.9. The number of rotatable bonds is 6. The van der Waals surface area contributed by atoms with Crippen molar-refractivity contribution >= 4 is 5.91 Å². The minimum atomic E-state index is -0.00513. The van der Waals surface area contributed by atoms with Crippen LogP contribution in [0.4, 0.5) is 0 Å². The third-order valence-corrected chi connectivity index (χ3v) is 2.57. The quantitative estimate of drug-likeness (QED) is 0.786. The lowest BCUT2D eigenvalue weighted by Gasteiger charge is -2.15. The summed E-state index contributed by atoms with van der Waals surface area (Å²) in [7, 11) is 3.47. The predicted octanol–water partition coefficient (Wildman–Crippen LogP) is 1.48. The molecule has 1 aromatic rings. The minimum absolute atomic E-state index is 0.00513. The molecule has 0 aliphatic carbocycles. The topological polar surface area (TPSA) is 50.4 Å². The molecule has 0 heterocycles. The van der Waals surface area contributed by atoms with E-state index in [-0.39, 0.29) is 11.9 Å². The van der Waals surface area contributed by atoms with Crippen molar-refractivity contribution in [1.29, 1.82) is 0 Å². The number of amides is 1. The lowest BCUT2D eigenvalue weighted by Crippen LogP contribution is -2.29. The highest BCUT2D eigenvalue weighted by Gasteiger charge is 2.09. The summed E-state index contributed by atoms with van der Waals surface area (Å²) in [6.45, 7) is 2.66. The molecule has 0 aromatic heterocycles. The third-order valence-electron chi connectivity index (χ3n) is 2.57. The molecule has 0 saturated carbocycles. The highest BCUT2D eigenvalue weighted by atomic mass is 16.5. The molecule has 0 radical (unpaired) electrons. The Balaban J connectivity index is 2.56. The summed E-state index contributed by atoms with van der Waals surface area (Å²) in [5.74, 6) is 0.855. The Morgan fingerprint density at radius 1 is 1.47 bits per heavy atom. The van der Waals surface area contributed by atoms with Crippen LogP contribution in [0.15, 0.2) is 24.3 Å². The molecule has 0 saturated heterocycles. The molecule has 4 heteroatoms. The third kappa shape index (κ3) is 4.44. The second kappa shape index (κ2) is 6.91. The molecule has 4 nitrogen and oxygen atoms in total. The average Bonchev–Trinajstić information content (AvgIpc) is 2.36. The smallest absolute Gasteiger partial charge is 0.221 e. The van der Waals surface area contributed by atoms with E-state index in [2.05, 4.69) is 10.6 Å². The molecule has 0 bridgehead atoms. The van der Waals surface area contributed by atoms with E-state index in [1.165, 1.54) is 0 Å². The van der Waals surface area contributed by atoms with E-state index in [1.54, 1.807) is 7.11 Å². The van der Waals surface area contributed by atoms with Crippen molar-refractivity contribution in [2.75, 3.05) is 20.7 Å². The van der Waals surface area contributed by atoms with E-state index >= 15 is 0 Å². The van der Waals surface area contributed by atoms with Crippen LogP contribution < -0.4 is 15.4 Å². The van der Waals surface area contributed by atoms with Gasteiger partial charge in [0.05, 0.1) is 13.2 Å². The molecule has 0 spiro atoms. The molecule has 0 fully saturated rings. The van der Waals surface area contributed by atoms with E-state index in [4.69, 9.17) is 4.74 Å². The molecule has 1 atom stereocenters. The summed E-state index contributed by atoms with van der Waals surface area (Å²) in [6, 6.07) is 7.72. The summed E-state index contributed by atoms with van der Waals surface area (Å²) >= 11 is 0. The summed E-state index contributed by atoms with van der Waals surface area (Å²) in [4.78, 5) is 11.6. The standard InChI is InChI=1S/C13H20N2O2/c1-10(15-13(16)7-8-14-2)11-5-4-6-12(9-11)17-3/h4-6,9-10,14H,7-8H2,1-3H3,(H,15,16)/t10-/m0/s1. The Morgan fingerprint density at radius 2 is 2.24 bits per heavy atom.